The third kappa shape index (κ3) is 3.33. The number of benzene rings is 1. The maximum atomic E-state index is 5.89. The molecule has 0 saturated heterocycles. The number of ether oxygens (including phenoxy) is 1. The average molecular weight is 298 g/mol. The van der Waals surface area contributed by atoms with E-state index in [1.54, 1.807) is 0 Å². The minimum absolute atomic E-state index is 0.000390. The van der Waals surface area contributed by atoms with Crippen LogP contribution in [0.5, 0.6) is 11.6 Å². The van der Waals surface area contributed by atoms with E-state index in [-0.39, 0.29) is 16.3 Å². The number of nitrogens with zero attached hydrogens (tertiary/aromatic N) is 3. The number of aromatic nitrogens is 3. The van der Waals surface area contributed by atoms with E-state index in [4.69, 9.17) is 27.9 Å². The fourth-order valence-electron chi connectivity index (χ4n) is 1.65. The molecule has 1 heterocycles. The molecule has 0 bridgehead atoms. The number of rotatable bonds is 4. The minimum Gasteiger partial charge on any atom is -0.436 e. The van der Waals surface area contributed by atoms with E-state index in [0.717, 1.165) is 12.0 Å². The lowest BCUT2D eigenvalue weighted by Crippen LogP contribution is -1.99. The van der Waals surface area contributed by atoms with E-state index < -0.39 is 0 Å². The fraction of sp³-hybridized carbons (Fsp3) is 0.308. The summed E-state index contributed by atoms with van der Waals surface area (Å²) in [5.74, 6) is 1.24. The molecule has 0 spiro atoms. The molecule has 1 aromatic heterocycles. The molecule has 2 aromatic rings. The Morgan fingerprint density at radius 2 is 1.95 bits per heavy atom. The molecule has 1 unspecified atom stereocenters. The predicted octanol–water partition coefficient (Wildman–Crippen LogP) is 4.48. The van der Waals surface area contributed by atoms with Crippen molar-refractivity contribution in [2.75, 3.05) is 0 Å². The molecule has 1 aromatic carbocycles. The third-order valence-electron chi connectivity index (χ3n) is 2.86. The van der Waals surface area contributed by atoms with E-state index in [9.17, 15) is 0 Å². The predicted molar refractivity (Wildman–Crippen MR) is 75.1 cm³/mol. The van der Waals surface area contributed by atoms with Gasteiger partial charge in [0.25, 0.3) is 5.88 Å². The van der Waals surface area contributed by atoms with Crippen LogP contribution in [-0.4, -0.2) is 15.2 Å². The van der Waals surface area contributed by atoms with Crippen molar-refractivity contribution in [3.05, 3.63) is 40.3 Å². The van der Waals surface area contributed by atoms with Gasteiger partial charge in [-0.15, -0.1) is 10.2 Å². The highest BCUT2D eigenvalue weighted by Gasteiger charge is 2.14. The van der Waals surface area contributed by atoms with Gasteiger partial charge < -0.3 is 4.74 Å². The summed E-state index contributed by atoms with van der Waals surface area (Å²) in [5.41, 5.74) is 1.09. The van der Waals surface area contributed by atoms with Crippen LogP contribution in [0.25, 0.3) is 0 Å². The summed E-state index contributed by atoms with van der Waals surface area (Å²) < 4.78 is 5.71. The van der Waals surface area contributed by atoms with Crippen LogP contribution >= 0.6 is 23.2 Å². The van der Waals surface area contributed by atoms with Gasteiger partial charge >= 0.3 is 0 Å². The van der Waals surface area contributed by atoms with Crippen LogP contribution in [0.4, 0.5) is 0 Å². The van der Waals surface area contributed by atoms with Crippen LogP contribution in [0.3, 0.4) is 0 Å². The van der Waals surface area contributed by atoms with Crippen molar-refractivity contribution in [2.45, 2.75) is 26.2 Å². The first-order chi connectivity index (χ1) is 9.11. The Morgan fingerprint density at radius 1 is 1.21 bits per heavy atom. The largest absolute Gasteiger partial charge is 0.436 e. The van der Waals surface area contributed by atoms with Crippen LogP contribution in [0.15, 0.2) is 24.3 Å². The second-order valence-electron chi connectivity index (χ2n) is 4.13. The molecule has 2 rings (SSSR count). The molecule has 100 valence electrons. The van der Waals surface area contributed by atoms with Gasteiger partial charge in [-0.25, -0.2) is 0 Å². The summed E-state index contributed by atoms with van der Waals surface area (Å²) in [5, 5.41) is 7.30. The van der Waals surface area contributed by atoms with Gasteiger partial charge in [-0.3, -0.25) is 0 Å². The highest BCUT2D eigenvalue weighted by Crippen LogP contribution is 2.33. The third-order valence-corrected chi connectivity index (χ3v) is 3.26. The molecule has 0 aliphatic carbocycles. The molecular formula is C13H13Cl2N3O. The average Bonchev–Trinajstić information content (AvgIpc) is 2.42. The van der Waals surface area contributed by atoms with E-state index in [1.807, 2.05) is 24.3 Å². The molecular weight excluding hydrogens is 285 g/mol. The molecule has 0 fully saturated rings. The molecule has 0 saturated carbocycles. The summed E-state index contributed by atoms with van der Waals surface area (Å²) >= 11 is 11.6. The molecule has 4 nitrogen and oxygen atoms in total. The Labute approximate surface area is 121 Å². The Kier molecular flexibility index (Phi) is 4.56. The van der Waals surface area contributed by atoms with Crippen molar-refractivity contribution < 1.29 is 4.74 Å². The van der Waals surface area contributed by atoms with Crippen molar-refractivity contribution in [3.63, 3.8) is 0 Å². The minimum atomic E-state index is 0.000390. The van der Waals surface area contributed by atoms with Crippen molar-refractivity contribution in [3.8, 4) is 11.6 Å². The van der Waals surface area contributed by atoms with Gasteiger partial charge in [0.1, 0.15) is 5.75 Å². The van der Waals surface area contributed by atoms with E-state index >= 15 is 0 Å². The lowest BCUT2D eigenvalue weighted by molar-refractivity contribution is 0.447. The van der Waals surface area contributed by atoms with Crippen LogP contribution in [-0.2, 0) is 0 Å². The Bertz CT molecular complexity index is 578. The zero-order valence-corrected chi connectivity index (χ0v) is 12.1. The van der Waals surface area contributed by atoms with Gasteiger partial charge in [0, 0.05) is 0 Å². The van der Waals surface area contributed by atoms with E-state index in [0.29, 0.717) is 11.7 Å². The number of hydrogen-bond donors (Lipinski definition) is 0. The van der Waals surface area contributed by atoms with E-state index in [2.05, 4.69) is 29.0 Å². The quantitative estimate of drug-likeness (QED) is 0.834. The molecule has 0 aliphatic rings. The Morgan fingerprint density at radius 3 is 2.68 bits per heavy atom. The normalized spacial score (nSPS) is 12.2. The summed E-state index contributed by atoms with van der Waals surface area (Å²) in [7, 11) is 0. The molecule has 0 N–H and O–H groups in total. The zero-order chi connectivity index (χ0) is 13.8. The monoisotopic (exact) mass is 297 g/mol. The summed E-state index contributed by atoms with van der Waals surface area (Å²) in [6.07, 6.45) is 1.01. The molecule has 1 atom stereocenters. The number of hydrogen-bond acceptors (Lipinski definition) is 4. The van der Waals surface area contributed by atoms with Crippen LogP contribution in [0, 0.1) is 0 Å². The van der Waals surface area contributed by atoms with Gasteiger partial charge in [-0.05, 0) is 35.6 Å². The van der Waals surface area contributed by atoms with Crippen molar-refractivity contribution in [2.24, 2.45) is 0 Å². The standard InChI is InChI=1S/C13H13Cl2N3O/c1-3-8(2)9-6-4-5-7-10(9)19-12-11(14)17-18-13(15)16-12/h4-8H,3H2,1-2H3. The van der Waals surface area contributed by atoms with Gasteiger partial charge in [-0.1, -0.05) is 43.6 Å². The number of para-hydroxylation sites is 1. The summed E-state index contributed by atoms with van der Waals surface area (Å²) in [6, 6.07) is 7.76. The van der Waals surface area contributed by atoms with Crippen molar-refractivity contribution in [1.29, 1.82) is 0 Å². The summed E-state index contributed by atoms with van der Waals surface area (Å²) in [6.45, 7) is 4.26. The van der Waals surface area contributed by atoms with Crippen LogP contribution < -0.4 is 4.74 Å². The Hall–Kier alpha value is -1.39. The summed E-state index contributed by atoms with van der Waals surface area (Å²) in [4.78, 5) is 3.93. The highest BCUT2D eigenvalue weighted by molar-refractivity contribution is 6.31. The van der Waals surface area contributed by atoms with Gasteiger partial charge in [0.05, 0.1) is 0 Å². The van der Waals surface area contributed by atoms with Gasteiger partial charge in [0.15, 0.2) is 0 Å². The van der Waals surface area contributed by atoms with Crippen LogP contribution in [0.1, 0.15) is 31.7 Å². The second kappa shape index (κ2) is 6.17. The first-order valence-corrected chi connectivity index (χ1v) is 6.70. The SMILES string of the molecule is CCC(C)c1ccccc1Oc1nc(Cl)nnc1Cl. The van der Waals surface area contributed by atoms with Gasteiger partial charge in [-0.2, -0.15) is 4.98 Å². The first-order valence-electron chi connectivity index (χ1n) is 5.94. The number of halogens is 2. The molecule has 0 amide bonds. The maximum absolute atomic E-state index is 5.89. The maximum Gasteiger partial charge on any atom is 0.262 e. The Balaban J connectivity index is 2.35. The van der Waals surface area contributed by atoms with E-state index in [1.165, 1.54) is 0 Å². The lowest BCUT2D eigenvalue weighted by atomic mass is 9.98. The molecule has 0 aliphatic heterocycles. The molecule has 0 radical (unpaired) electrons. The molecule has 6 heteroatoms. The topological polar surface area (TPSA) is 47.9 Å². The van der Waals surface area contributed by atoms with Crippen molar-refractivity contribution in [1.82, 2.24) is 15.2 Å². The molecule has 19 heavy (non-hydrogen) atoms. The smallest absolute Gasteiger partial charge is 0.262 e. The first kappa shape index (κ1) is 14.0. The zero-order valence-electron chi connectivity index (χ0n) is 10.6. The second-order valence-corrected chi connectivity index (χ2v) is 4.82. The highest BCUT2D eigenvalue weighted by atomic mass is 35.5. The fourth-order valence-corrected chi connectivity index (χ4v) is 1.88. The lowest BCUT2D eigenvalue weighted by Gasteiger charge is -2.14. The van der Waals surface area contributed by atoms with Gasteiger partial charge in [0.2, 0.25) is 10.4 Å². The van der Waals surface area contributed by atoms with Crippen molar-refractivity contribution >= 4 is 23.2 Å². The van der Waals surface area contributed by atoms with Crippen LogP contribution in [0.2, 0.25) is 10.4 Å².